The second-order valence-corrected chi connectivity index (χ2v) is 10.0. The summed E-state index contributed by atoms with van der Waals surface area (Å²) in [5.74, 6) is 0.717. The van der Waals surface area contributed by atoms with Gasteiger partial charge in [0, 0.05) is 30.6 Å². The Balaban J connectivity index is 1.17. The van der Waals surface area contributed by atoms with E-state index < -0.39 is 0 Å². The molecule has 0 saturated carbocycles. The summed E-state index contributed by atoms with van der Waals surface area (Å²) in [6.45, 7) is 8.04. The molecule has 2 aliphatic heterocycles. The number of ether oxygens (including phenoxy) is 2. The first-order valence-corrected chi connectivity index (χ1v) is 13.4. The number of hydrogen-bond donors (Lipinski definition) is 1. The van der Waals surface area contributed by atoms with E-state index in [9.17, 15) is 0 Å². The van der Waals surface area contributed by atoms with Crippen LogP contribution in [0.1, 0.15) is 54.1 Å². The standard InChI is InChI=1S/C30H36N4O3/c1-2-3-26-25(20-32-19-24-6-4-23(18-31)5-7-24)9-10-27-28(33-37-30(26)27)11-8-22-12-14-34(15-13-22)21-29-35-16-17-36-29/h2-7,9-10,22,29,32H,8,11-17,19-21H2,1H3. The number of benzene rings is 2. The number of aryl methyl sites for hydroxylation is 1. The fourth-order valence-electron chi connectivity index (χ4n) is 5.36. The van der Waals surface area contributed by atoms with Gasteiger partial charge in [-0.15, -0.1) is 0 Å². The molecular weight excluding hydrogens is 464 g/mol. The largest absolute Gasteiger partial charge is 0.355 e. The molecule has 0 amide bonds. The van der Waals surface area contributed by atoms with Gasteiger partial charge in [-0.2, -0.15) is 5.26 Å². The fraction of sp³-hybridized carbons (Fsp3) is 0.467. The molecular formula is C30H36N4O3. The van der Waals surface area contributed by atoms with Gasteiger partial charge >= 0.3 is 0 Å². The molecule has 2 saturated heterocycles. The van der Waals surface area contributed by atoms with Crippen molar-refractivity contribution in [2.24, 2.45) is 5.92 Å². The van der Waals surface area contributed by atoms with E-state index >= 15 is 0 Å². The fourth-order valence-corrected chi connectivity index (χ4v) is 5.36. The third kappa shape index (κ3) is 6.46. The Morgan fingerprint density at radius 2 is 1.86 bits per heavy atom. The van der Waals surface area contributed by atoms with E-state index in [1.54, 1.807) is 0 Å². The average Bonchev–Trinajstić information content (AvgIpc) is 3.60. The maximum Gasteiger partial charge on any atom is 0.174 e. The molecule has 3 heterocycles. The van der Waals surface area contributed by atoms with Crippen molar-refractivity contribution in [1.29, 1.82) is 5.26 Å². The molecule has 2 fully saturated rings. The zero-order valence-electron chi connectivity index (χ0n) is 21.6. The summed E-state index contributed by atoms with van der Waals surface area (Å²) in [4.78, 5) is 2.47. The van der Waals surface area contributed by atoms with Gasteiger partial charge in [-0.05, 0) is 80.9 Å². The summed E-state index contributed by atoms with van der Waals surface area (Å²) in [7, 11) is 0. The van der Waals surface area contributed by atoms with Gasteiger partial charge < -0.3 is 19.3 Å². The van der Waals surface area contributed by atoms with Crippen LogP contribution in [-0.2, 0) is 29.0 Å². The quantitative estimate of drug-likeness (QED) is 0.418. The summed E-state index contributed by atoms with van der Waals surface area (Å²) in [5, 5.41) is 18.1. The van der Waals surface area contributed by atoms with Crippen LogP contribution in [0.25, 0.3) is 17.0 Å². The minimum atomic E-state index is -0.0412. The maximum atomic E-state index is 8.98. The number of allylic oxidation sites excluding steroid dienone is 1. The van der Waals surface area contributed by atoms with Gasteiger partial charge in [0.05, 0.1) is 30.5 Å². The summed E-state index contributed by atoms with van der Waals surface area (Å²) in [6, 6.07) is 14.2. The number of likely N-dealkylation sites (tertiary alicyclic amines) is 1. The Labute approximate surface area is 219 Å². The summed E-state index contributed by atoms with van der Waals surface area (Å²) in [6.07, 6.45) is 8.63. The Morgan fingerprint density at radius 3 is 2.59 bits per heavy atom. The first kappa shape index (κ1) is 25.6. The van der Waals surface area contributed by atoms with Gasteiger partial charge in [-0.1, -0.05) is 35.5 Å². The number of rotatable bonds is 10. The molecule has 2 aromatic carbocycles. The SMILES string of the molecule is CC=Cc1c(CNCc2ccc(C#N)cc2)ccc2c(CCC3CCN(CC4OCCO4)CC3)noc12. The number of nitriles is 1. The van der Waals surface area contributed by atoms with Gasteiger partial charge in [0.2, 0.25) is 0 Å². The summed E-state index contributed by atoms with van der Waals surface area (Å²) in [5.41, 5.74) is 6.05. The van der Waals surface area contributed by atoms with Crippen LogP contribution < -0.4 is 5.32 Å². The molecule has 7 nitrogen and oxygen atoms in total. The predicted molar refractivity (Wildman–Crippen MR) is 144 cm³/mol. The molecule has 0 unspecified atom stereocenters. The predicted octanol–water partition coefficient (Wildman–Crippen LogP) is 5.04. The van der Waals surface area contributed by atoms with Gasteiger partial charge in [-0.25, -0.2) is 0 Å². The molecule has 0 atom stereocenters. The molecule has 0 spiro atoms. The first-order chi connectivity index (χ1) is 18.2. The normalized spacial score (nSPS) is 17.7. The molecule has 0 bridgehead atoms. The van der Waals surface area contributed by atoms with Crippen molar-refractivity contribution in [3.05, 3.63) is 70.4 Å². The highest BCUT2D eigenvalue weighted by atomic mass is 16.7. The Bertz CT molecular complexity index is 1230. The smallest absolute Gasteiger partial charge is 0.174 e. The molecule has 7 heteroatoms. The molecule has 5 rings (SSSR count). The lowest BCUT2D eigenvalue weighted by Crippen LogP contribution is -2.39. The molecule has 0 aliphatic carbocycles. The molecule has 3 aromatic rings. The van der Waals surface area contributed by atoms with Gasteiger partial charge in [0.15, 0.2) is 11.9 Å². The van der Waals surface area contributed by atoms with Gasteiger partial charge in [0.25, 0.3) is 0 Å². The highest BCUT2D eigenvalue weighted by Gasteiger charge is 2.25. The third-order valence-electron chi connectivity index (χ3n) is 7.50. The van der Waals surface area contributed by atoms with Crippen molar-refractivity contribution in [2.45, 2.75) is 52.0 Å². The Morgan fingerprint density at radius 1 is 1.08 bits per heavy atom. The van der Waals surface area contributed by atoms with Crippen LogP contribution in [0.4, 0.5) is 0 Å². The highest BCUT2D eigenvalue weighted by molar-refractivity contribution is 5.88. The van der Waals surface area contributed by atoms with E-state index in [0.29, 0.717) is 11.5 Å². The van der Waals surface area contributed by atoms with E-state index in [1.807, 2.05) is 31.2 Å². The van der Waals surface area contributed by atoms with Crippen LogP contribution in [0.2, 0.25) is 0 Å². The molecule has 1 N–H and O–H groups in total. The summed E-state index contributed by atoms with van der Waals surface area (Å²) < 4.78 is 17.1. The van der Waals surface area contributed by atoms with Crippen molar-refractivity contribution in [2.75, 3.05) is 32.8 Å². The highest BCUT2D eigenvalue weighted by Crippen LogP contribution is 2.30. The van der Waals surface area contributed by atoms with Crippen LogP contribution in [0, 0.1) is 17.2 Å². The van der Waals surface area contributed by atoms with E-state index in [1.165, 1.54) is 18.4 Å². The second kappa shape index (κ2) is 12.5. The minimum Gasteiger partial charge on any atom is -0.355 e. The number of piperidine rings is 1. The topological polar surface area (TPSA) is 83.6 Å². The number of nitrogens with one attached hydrogen (secondary N) is 1. The number of aromatic nitrogens is 1. The van der Waals surface area contributed by atoms with E-state index in [-0.39, 0.29) is 6.29 Å². The zero-order chi connectivity index (χ0) is 25.5. The zero-order valence-corrected chi connectivity index (χ0v) is 21.6. The average molecular weight is 501 g/mol. The molecule has 0 radical (unpaired) electrons. The number of hydrogen-bond acceptors (Lipinski definition) is 7. The lowest BCUT2D eigenvalue weighted by molar-refractivity contribution is -0.0661. The number of fused-ring (bicyclic) bond motifs is 1. The number of nitrogens with zero attached hydrogens (tertiary/aromatic N) is 3. The lowest BCUT2D eigenvalue weighted by atomic mass is 9.91. The Hall–Kier alpha value is -3.02. The second-order valence-electron chi connectivity index (χ2n) is 10.0. The van der Waals surface area contributed by atoms with Crippen LogP contribution in [0.3, 0.4) is 0 Å². The van der Waals surface area contributed by atoms with E-state index in [4.69, 9.17) is 19.3 Å². The lowest BCUT2D eigenvalue weighted by Gasteiger charge is -2.32. The minimum absolute atomic E-state index is 0.0412. The van der Waals surface area contributed by atoms with Crippen LogP contribution in [0.5, 0.6) is 0 Å². The van der Waals surface area contributed by atoms with Crippen LogP contribution in [-0.4, -0.2) is 49.2 Å². The third-order valence-corrected chi connectivity index (χ3v) is 7.50. The molecule has 194 valence electrons. The van der Waals surface area contributed by atoms with Crippen molar-refractivity contribution >= 4 is 17.0 Å². The van der Waals surface area contributed by atoms with Crippen LogP contribution in [0.15, 0.2) is 47.0 Å². The van der Waals surface area contributed by atoms with E-state index in [2.05, 4.69) is 45.7 Å². The van der Waals surface area contributed by atoms with Gasteiger partial charge in [0.1, 0.15) is 0 Å². The van der Waals surface area contributed by atoms with Gasteiger partial charge in [-0.3, -0.25) is 4.90 Å². The van der Waals surface area contributed by atoms with Crippen molar-refractivity contribution in [3.8, 4) is 6.07 Å². The molecule has 37 heavy (non-hydrogen) atoms. The van der Waals surface area contributed by atoms with Crippen LogP contribution >= 0.6 is 0 Å². The van der Waals surface area contributed by atoms with Crippen molar-refractivity contribution < 1.29 is 14.0 Å². The van der Waals surface area contributed by atoms with E-state index in [0.717, 1.165) is 86.6 Å². The maximum absolute atomic E-state index is 8.98. The van der Waals surface area contributed by atoms with Crippen molar-refractivity contribution in [3.63, 3.8) is 0 Å². The molecule has 1 aromatic heterocycles. The molecule has 2 aliphatic rings. The summed E-state index contributed by atoms with van der Waals surface area (Å²) >= 11 is 0. The first-order valence-electron chi connectivity index (χ1n) is 13.4. The monoisotopic (exact) mass is 500 g/mol. The Kier molecular flexibility index (Phi) is 8.64. The van der Waals surface area contributed by atoms with Crippen molar-refractivity contribution in [1.82, 2.24) is 15.4 Å².